The highest BCUT2D eigenvalue weighted by molar-refractivity contribution is 4.67. The van der Waals surface area contributed by atoms with Gasteiger partial charge in [-0.25, -0.2) is 0 Å². The van der Waals surface area contributed by atoms with Gasteiger partial charge in [0, 0.05) is 12.8 Å². The summed E-state index contributed by atoms with van der Waals surface area (Å²) in [6.07, 6.45) is -2.98. The molecule has 4 heteroatoms. The Labute approximate surface area is 51.2 Å². The summed E-state index contributed by atoms with van der Waals surface area (Å²) in [6.45, 7) is 0.629. The Morgan fingerprint density at radius 3 is 2.22 bits per heavy atom. The number of halogens is 3. The Balaban J connectivity index is 2.42. The molecule has 0 bridgehead atoms. The molecule has 1 aliphatic heterocycles. The molecule has 0 aliphatic carbocycles. The molecule has 1 atom stereocenters. The highest BCUT2D eigenvalue weighted by atomic mass is 19.4. The van der Waals surface area contributed by atoms with Crippen LogP contribution in [0.4, 0.5) is 13.2 Å². The van der Waals surface area contributed by atoms with E-state index in [0.29, 0.717) is 19.4 Å². The zero-order valence-electron chi connectivity index (χ0n) is 4.91. The van der Waals surface area contributed by atoms with Gasteiger partial charge in [-0.05, 0) is 0 Å². The van der Waals surface area contributed by atoms with Gasteiger partial charge in [-0.1, -0.05) is 0 Å². The number of hydrogen-bond donors (Lipinski definition) is 1. The number of hydrogen-bond acceptors (Lipinski definition) is 0. The summed E-state index contributed by atoms with van der Waals surface area (Å²) in [7, 11) is 0. The summed E-state index contributed by atoms with van der Waals surface area (Å²) in [5.41, 5.74) is 0. The summed E-state index contributed by atoms with van der Waals surface area (Å²) in [5.74, 6) is 0. The van der Waals surface area contributed by atoms with Gasteiger partial charge in [0.2, 0.25) is 0 Å². The van der Waals surface area contributed by atoms with E-state index in [9.17, 15) is 13.2 Å². The summed E-state index contributed by atoms with van der Waals surface area (Å²) < 4.78 is 35.2. The van der Waals surface area contributed by atoms with E-state index in [1.807, 2.05) is 0 Å². The molecule has 1 saturated heterocycles. The second-order valence-electron chi connectivity index (χ2n) is 2.31. The first-order valence-corrected chi connectivity index (χ1v) is 3.01. The third-order valence-corrected chi connectivity index (χ3v) is 1.59. The minimum atomic E-state index is -3.98. The van der Waals surface area contributed by atoms with Crippen molar-refractivity contribution in [1.29, 1.82) is 0 Å². The first-order valence-electron chi connectivity index (χ1n) is 3.01. The second-order valence-corrected chi connectivity index (χ2v) is 2.31. The fourth-order valence-corrected chi connectivity index (χ4v) is 1.07. The SMILES string of the molecule is FC(F)(F)[C@H]1CCC[NH2+]1. The predicted octanol–water partition coefficient (Wildman–Crippen LogP) is 0.274. The van der Waals surface area contributed by atoms with Crippen LogP contribution in [0.2, 0.25) is 0 Å². The topological polar surface area (TPSA) is 16.6 Å². The van der Waals surface area contributed by atoms with E-state index in [1.54, 1.807) is 0 Å². The van der Waals surface area contributed by atoms with E-state index in [0.717, 1.165) is 0 Å². The first kappa shape index (κ1) is 6.86. The van der Waals surface area contributed by atoms with E-state index in [1.165, 1.54) is 5.32 Å². The van der Waals surface area contributed by atoms with Crippen LogP contribution in [0.1, 0.15) is 12.8 Å². The van der Waals surface area contributed by atoms with Crippen molar-refractivity contribution in [2.24, 2.45) is 0 Å². The standard InChI is InChI=1S/C5H8F3N/c6-5(7,8)4-2-1-3-9-4/h4,9H,1-3H2/p+1/t4-/m1/s1. The highest BCUT2D eigenvalue weighted by Crippen LogP contribution is 2.22. The number of quaternary nitrogens is 1. The van der Waals surface area contributed by atoms with Crippen LogP contribution in [0.5, 0.6) is 0 Å². The molecule has 1 nitrogen and oxygen atoms in total. The van der Waals surface area contributed by atoms with Gasteiger partial charge in [-0.3, -0.25) is 0 Å². The summed E-state index contributed by atoms with van der Waals surface area (Å²) in [5, 5.41) is 1.36. The number of rotatable bonds is 0. The molecule has 0 aromatic carbocycles. The molecule has 0 spiro atoms. The van der Waals surface area contributed by atoms with Crippen LogP contribution in [0.3, 0.4) is 0 Å². The largest absolute Gasteiger partial charge is 0.441 e. The third-order valence-electron chi connectivity index (χ3n) is 1.59. The monoisotopic (exact) mass is 140 g/mol. The van der Waals surface area contributed by atoms with Gasteiger partial charge in [0.05, 0.1) is 6.54 Å². The van der Waals surface area contributed by atoms with Gasteiger partial charge in [0.25, 0.3) is 0 Å². The van der Waals surface area contributed by atoms with Gasteiger partial charge < -0.3 is 5.32 Å². The molecule has 9 heavy (non-hydrogen) atoms. The molecule has 0 unspecified atom stereocenters. The van der Waals surface area contributed by atoms with Crippen LogP contribution in [-0.4, -0.2) is 18.8 Å². The van der Waals surface area contributed by atoms with Crippen molar-refractivity contribution >= 4 is 0 Å². The average molecular weight is 140 g/mol. The molecule has 0 aromatic rings. The van der Waals surface area contributed by atoms with Gasteiger partial charge >= 0.3 is 6.18 Å². The minimum Gasteiger partial charge on any atom is -0.336 e. The molecule has 54 valence electrons. The quantitative estimate of drug-likeness (QED) is 0.497. The third kappa shape index (κ3) is 1.58. The molecule has 0 aromatic heterocycles. The smallest absolute Gasteiger partial charge is 0.336 e. The molecule has 0 radical (unpaired) electrons. The van der Waals surface area contributed by atoms with Crippen molar-refractivity contribution in [3.8, 4) is 0 Å². The zero-order valence-corrected chi connectivity index (χ0v) is 4.91. The van der Waals surface area contributed by atoms with Crippen LogP contribution >= 0.6 is 0 Å². The minimum absolute atomic E-state index is 0.295. The van der Waals surface area contributed by atoms with E-state index in [2.05, 4.69) is 0 Å². The number of alkyl halides is 3. The highest BCUT2D eigenvalue weighted by Gasteiger charge is 2.44. The fourth-order valence-electron chi connectivity index (χ4n) is 1.07. The molecular formula is C5H9F3N+. The molecule has 0 amide bonds. The Kier molecular flexibility index (Phi) is 1.66. The summed E-state index contributed by atoms with van der Waals surface area (Å²) >= 11 is 0. The molecule has 1 aliphatic rings. The van der Waals surface area contributed by atoms with E-state index in [-0.39, 0.29) is 0 Å². The zero-order chi connectivity index (χ0) is 6.91. The predicted molar refractivity (Wildman–Crippen MR) is 25.9 cm³/mol. The lowest BCUT2D eigenvalue weighted by molar-refractivity contribution is -0.694. The van der Waals surface area contributed by atoms with Crippen LogP contribution in [0, 0.1) is 0 Å². The fraction of sp³-hybridized carbons (Fsp3) is 1.00. The van der Waals surface area contributed by atoms with Crippen LogP contribution in [0.15, 0.2) is 0 Å². The first-order chi connectivity index (χ1) is 4.11. The maximum absolute atomic E-state index is 11.7. The van der Waals surface area contributed by atoms with Crippen LogP contribution < -0.4 is 5.32 Å². The van der Waals surface area contributed by atoms with Gasteiger partial charge in [-0.2, -0.15) is 13.2 Å². The van der Waals surface area contributed by atoms with Gasteiger partial charge in [0.1, 0.15) is 0 Å². The van der Waals surface area contributed by atoms with Crippen molar-refractivity contribution in [3.63, 3.8) is 0 Å². The van der Waals surface area contributed by atoms with Gasteiger partial charge in [-0.15, -0.1) is 0 Å². The van der Waals surface area contributed by atoms with E-state index < -0.39 is 12.2 Å². The molecule has 1 fully saturated rings. The lowest BCUT2D eigenvalue weighted by atomic mass is 10.2. The molecular weight excluding hydrogens is 131 g/mol. The Bertz CT molecular complexity index is 92.9. The van der Waals surface area contributed by atoms with Crippen molar-refractivity contribution in [3.05, 3.63) is 0 Å². The summed E-state index contributed by atoms with van der Waals surface area (Å²) in [6, 6.07) is -1.11. The molecule has 2 N–H and O–H groups in total. The van der Waals surface area contributed by atoms with E-state index >= 15 is 0 Å². The number of nitrogens with two attached hydrogens (primary N) is 1. The van der Waals surface area contributed by atoms with Gasteiger partial charge in [0.15, 0.2) is 6.04 Å². The maximum Gasteiger partial charge on any atom is 0.441 e. The lowest BCUT2D eigenvalue weighted by Crippen LogP contribution is -2.89. The molecule has 0 saturated carbocycles. The van der Waals surface area contributed by atoms with Crippen molar-refractivity contribution in [2.75, 3.05) is 6.54 Å². The van der Waals surface area contributed by atoms with Crippen LogP contribution in [0.25, 0.3) is 0 Å². The molecule has 1 heterocycles. The Morgan fingerprint density at radius 1 is 1.33 bits per heavy atom. The second kappa shape index (κ2) is 2.17. The van der Waals surface area contributed by atoms with Crippen LogP contribution in [-0.2, 0) is 0 Å². The van der Waals surface area contributed by atoms with Crippen molar-refractivity contribution in [2.45, 2.75) is 25.1 Å². The lowest BCUT2D eigenvalue weighted by Gasteiger charge is -2.09. The van der Waals surface area contributed by atoms with Crippen molar-refractivity contribution in [1.82, 2.24) is 0 Å². The molecule has 1 rings (SSSR count). The normalized spacial score (nSPS) is 29.0. The summed E-state index contributed by atoms with van der Waals surface area (Å²) in [4.78, 5) is 0. The Morgan fingerprint density at radius 2 is 2.00 bits per heavy atom. The Hall–Kier alpha value is -0.250. The van der Waals surface area contributed by atoms with Crippen molar-refractivity contribution < 1.29 is 18.5 Å². The maximum atomic E-state index is 11.7. The van der Waals surface area contributed by atoms with E-state index in [4.69, 9.17) is 0 Å². The average Bonchev–Trinajstić information content (AvgIpc) is 2.08.